The summed E-state index contributed by atoms with van der Waals surface area (Å²) < 4.78 is 0. The second-order valence-corrected chi connectivity index (χ2v) is 4.27. The predicted octanol–water partition coefficient (Wildman–Crippen LogP) is 2.47. The molecule has 1 atom stereocenters. The molecule has 0 bridgehead atoms. The second kappa shape index (κ2) is 4.75. The van der Waals surface area contributed by atoms with Gasteiger partial charge in [0.2, 0.25) is 0 Å². The Morgan fingerprint density at radius 1 is 1.73 bits per heavy atom. The maximum Gasteiger partial charge on any atom is 0.0432 e. The first-order valence-electron chi connectivity index (χ1n) is 3.66. The van der Waals surface area contributed by atoms with Gasteiger partial charge in [-0.15, -0.1) is 22.9 Å². The van der Waals surface area contributed by atoms with E-state index in [2.05, 4.69) is 22.8 Å². The van der Waals surface area contributed by atoms with Gasteiger partial charge in [0.05, 0.1) is 0 Å². The van der Waals surface area contributed by atoms with Gasteiger partial charge < -0.3 is 5.32 Å². The van der Waals surface area contributed by atoms with Crippen LogP contribution in [-0.4, -0.2) is 11.9 Å². The molecule has 0 saturated heterocycles. The highest BCUT2D eigenvalue weighted by molar-refractivity contribution is 7.09. The third-order valence-electron chi connectivity index (χ3n) is 1.30. The predicted molar refractivity (Wildman–Crippen MR) is 51.3 cm³/mol. The summed E-state index contributed by atoms with van der Waals surface area (Å²) in [6.45, 7) is 3.80. The summed E-state index contributed by atoms with van der Waals surface area (Å²) >= 11 is 7.53. The summed E-state index contributed by atoms with van der Waals surface area (Å²) in [5.41, 5.74) is 0. The van der Waals surface area contributed by atoms with E-state index in [9.17, 15) is 0 Å². The molecule has 1 N–H and O–H groups in total. The van der Waals surface area contributed by atoms with Crippen molar-refractivity contribution in [1.82, 2.24) is 5.32 Å². The van der Waals surface area contributed by atoms with Gasteiger partial charge in [0.15, 0.2) is 0 Å². The minimum Gasteiger partial charge on any atom is -0.310 e. The van der Waals surface area contributed by atoms with Gasteiger partial charge >= 0.3 is 0 Å². The summed E-state index contributed by atoms with van der Waals surface area (Å²) in [5.74, 6) is 0. The molecule has 0 spiro atoms. The molecular weight excluding hydrogens is 178 g/mol. The van der Waals surface area contributed by atoms with E-state index >= 15 is 0 Å². The topological polar surface area (TPSA) is 12.0 Å². The van der Waals surface area contributed by atoms with Gasteiger partial charge in [0, 0.05) is 23.3 Å². The van der Waals surface area contributed by atoms with Crippen molar-refractivity contribution in [3.05, 3.63) is 22.4 Å². The van der Waals surface area contributed by atoms with Gasteiger partial charge in [-0.25, -0.2) is 0 Å². The Labute approximate surface area is 76.4 Å². The smallest absolute Gasteiger partial charge is 0.0432 e. The molecule has 1 unspecified atom stereocenters. The largest absolute Gasteiger partial charge is 0.310 e. The molecule has 0 fully saturated rings. The lowest BCUT2D eigenvalue weighted by molar-refractivity contribution is 0.686. The van der Waals surface area contributed by atoms with Crippen LogP contribution in [0.15, 0.2) is 17.5 Å². The van der Waals surface area contributed by atoms with Crippen LogP contribution in [0.2, 0.25) is 0 Å². The molecule has 0 saturated carbocycles. The normalized spacial score (nSPS) is 13.3. The van der Waals surface area contributed by atoms with Crippen molar-refractivity contribution in [2.24, 2.45) is 0 Å². The highest BCUT2D eigenvalue weighted by Gasteiger charge is 1.95. The average Bonchev–Trinajstić information content (AvgIpc) is 2.39. The maximum atomic E-state index is 5.76. The van der Waals surface area contributed by atoms with Crippen molar-refractivity contribution in [2.45, 2.75) is 18.8 Å². The highest BCUT2D eigenvalue weighted by atomic mass is 35.5. The van der Waals surface area contributed by atoms with E-state index in [-0.39, 0.29) is 5.38 Å². The van der Waals surface area contributed by atoms with Crippen LogP contribution in [0.5, 0.6) is 0 Å². The Hall–Kier alpha value is -0.0500. The van der Waals surface area contributed by atoms with Gasteiger partial charge in [0.1, 0.15) is 0 Å². The molecule has 1 aromatic rings. The molecule has 62 valence electrons. The molecule has 0 aromatic carbocycles. The lowest BCUT2D eigenvalue weighted by Crippen LogP contribution is -2.20. The average molecular weight is 190 g/mol. The number of hydrogen-bond donors (Lipinski definition) is 1. The summed E-state index contributed by atoms with van der Waals surface area (Å²) in [5, 5.41) is 5.57. The van der Waals surface area contributed by atoms with Crippen LogP contribution in [0.3, 0.4) is 0 Å². The lowest BCUT2D eigenvalue weighted by atomic mass is 10.4. The van der Waals surface area contributed by atoms with E-state index in [0.717, 1.165) is 13.1 Å². The second-order valence-electron chi connectivity index (χ2n) is 2.49. The Morgan fingerprint density at radius 3 is 3.09 bits per heavy atom. The van der Waals surface area contributed by atoms with Gasteiger partial charge in [-0.1, -0.05) is 6.07 Å². The van der Waals surface area contributed by atoms with E-state index < -0.39 is 0 Å². The zero-order chi connectivity index (χ0) is 8.10. The molecule has 1 aromatic heterocycles. The Bertz CT molecular complexity index is 184. The number of halogens is 1. The van der Waals surface area contributed by atoms with Gasteiger partial charge in [-0.05, 0) is 18.4 Å². The molecule has 0 aliphatic heterocycles. The van der Waals surface area contributed by atoms with Crippen LogP contribution in [0.4, 0.5) is 0 Å². The summed E-state index contributed by atoms with van der Waals surface area (Å²) in [4.78, 5) is 1.36. The summed E-state index contributed by atoms with van der Waals surface area (Å²) in [6.07, 6.45) is 0. The lowest BCUT2D eigenvalue weighted by Gasteiger charge is -2.03. The SMILES string of the molecule is CC(Cl)CNCc1cccs1. The van der Waals surface area contributed by atoms with Crippen LogP contribution >= 0.6 is 22.9 Å². The van der Waals surface area contributed by atoms with Crippen molar-refractivity contribution in [3.63, 3.8) is 0 Å². The Balaban J connectivity index is 2.14. The van der Waals surface area contributed by atoms with Crippen molar-refractivity contribution in [3.8, 4) is 0 Å². The molecular formula is C8H12ClNS. The van der Waals surface area contributed by atoms with Crippen molar-refractivity contribution in [2.75, 3.05) is 6.54 Å². The monoisotopic (exact) mass is 189 g/mol. The van der Waals surface area contributed by atoms with Crippen LogP contribution < -0.4 is 5.32 Å². The Kier molecular flexibility index (Phi) is 3.91. The van der Waals surface area contributed by atoms with E-state index in [1.165, 1.54) is 4.88 Å². The fourth-order valence-electron chi connectivity index (χ4n) is 0.807. The molecule has 0 radical (unpaired) electrons. The van der Waals surface area contributed by atoms with Gasteiger partial charge in [-0.3, -0.25) is 0 Å². The molecule has 0 aliphatic rings. The minimum atomic E-state index is 0.218. The molecule has 0 aliphatic carbocycles. The molecule has 1 heterocycles. The number of hydrogen-bond acceptors (Lipinski definition) is 2. The zero-order valence-corrected chi connectivity index (χ0v) is 8.08. The molecule has 0 amide bonds. The highest BCUT2D eigenvalue weighted by Crippen LogP contribution is 2.07. The first kappa shape index (κ1) is 9.04. The fourth-order valence-corrected chi connectivity index (χ4v) is 1.59. The summed E-state index contributed by atoms with van der Waals surface area (Å²) in [6, 6.07) is 4.18. The van der Waals surface area contributed by atoms with E-state index in [1.54, 1.807) is 11.3 Å². The van der Waals surface area contributed by atoms with Gasteiger partial charge in [0.25, 0.3) is 0 Å². The molecule has 11 heavy (non-hydrogen) atoms. The minimum absolute atomic E-state index is 0.218. The summed E-state index contributed by atoms with van der Waals surface area (Å²) in [7, 11) is 0. The van der Waals surface area contributed by atoms with E-state index in [0.29, 0.717) is 0 Å². The van der Waals surface area contributed by atoms with E-state index in [4.69, 9.17) is 11.6 Å². The van der Waals surface area contributed by atoms with Crippen LogP contribution in [0.1, 0.15) is 11.8 Å². The number of nitrogens with one attached hydrogen (secondary N) is 1. The number of thiophene rings is 1. The molecule has 1 nitrogen and oxygen atoms in total. The Morgan fingerprint density at radius 2 is 2.55 bits per heavy atom. The number of alkyl halides is 1. The zero-order valence-electron chi connectivity index (χ0n) is 6.51. The first-order valence-corrected chi connectivity index (χ1v) is 4.98. The molecule has 1 rings (SSSR count). The van der Waals surface area contributed by atoms with Crippen molar-refractivity contribution < 1.29 is 0 Å². The van der Waals surface area contributed by atoms with Crippen LogP contribution in [0, 0.1) is 0 Å². The van der Waals surface area contributed by atoms with Gasteiger partial charge in [-0.2, -0.15) is 0 Å². The van der Waals surface area contributed by atoms with Crippen LogP contribution in [-0.2, 0) is 6.54 Å². The fraction of sp³-hybridized carbons (Fsp3) is 0.500. The first-order chi connectivity index (χ1) is 5.29. The third kappa shape index (κ3) is 3.75. The van der Waals surface area contributed by atoms with Crippen molar-refractivity contribution in [1.29, 1.82) is 0 Å². The van der Waals surface area contributed by atoms with Crippen molar-refractivity contribution >= 4 is 22.9 Å². The molecule has 3 heteroatoms. The number of rotatable bonds is 4. The standard InChI is InChI=1S/C8H12ClNS/c1-7(9)5-10-6-8-3-2-4-11-8/h2-4,7,10H,5-6H2,1H3. The van der Waals surface area contributed by atoms with Crippen LogP contribution in [0.25, 0.3) is 0 Å². The van der Waals surface area contributed by atoms with E-state index in [1.807, 2.05) is 6.92 Å². The third-order valence-corrected chi connectivity index (χ3v) is 2.34. The quantitative estimate of drug-likeness (QED) is 0.718. The maximum absolute atomic E-state index is 5.76.